The van der Waals surface area contributed by atoms with Crippen LogP contribution in [0.2, 0.25) is 0 Å². The van der Waals surface area contributed by atoms with Crippen molar-refractivity contribution in [2.24, 2.45) is 0 Å². The van der Waals surface area contributed by atoms with E-state index in [0.717, 1.165) is 5.56 Å². The van der Waals surface area contributed by atoms with E-state index in [0.29, 0.717) is 23.5 Å². The Bertz CT molecular complexity index is 952. The number of benzene rings is 2. The van der Waals surface area contributed by atoms with Crippen LogP contribution < -0.4 is 10.1 Å². The number of ether oxygens (including phenoxy) is 1. The van der Waals surface area contributed by atoms with E-state index in [2.05, 4.69) is 10.4 Å². The topological polar surface area (TPSA) is 76.5 Å². The van der Waals surface area contributed by atoms with Gasteiger partial charge in [0.25, 0.3) is 11.8 Å². The van der Waals surface area contributed by atoms with E-state index in [9.17, 15) is 9.59 Å². The summed E-state index contributed by atoms with van der Waals surface area (Å²) in [5.41, 5.74) is 2.18. The minimum absolute atomic E-state index is 0.0758. The fraction of sp³-hybridized carbons (Fsp3) is 0.190. The van der Waals surface area contributed by atoms with Crippen molar-refractivity contribution in [3.63, 3.8) is 0 Å². The first-order valence-corrected chi connectivity index (χ1v) is 8.82. The SMILES string of the molecule is CN(C)C(=O)COc1cccc(C(=O)Nc2cccc(Cn3cccn3)c2)c1. The van der Waals surface area contributed by atoms with Gasteiger partial charge in [0, 0.05) is 37.7 Å². The molecule has 0 fully saturated rings. The molecule has 3 aromatic rings. The lowest BCUT2D eigenvalue weighted by Gasteiger charge is -2.12. The first-order chi connectivity index (χ1) is 13.5. The van der Waals surface area contributed by atoms with Crippen molar-refractivity contribution in [2.45, 2.75) is 6.54 Å². The standard InChI is InChI=1S/C21H22N4O3/c1-24(2)20(26)15-28-19-9-4-7-17(13-19)21(27)23-18-8-3-6-16(12-18)14-25-11-5-10-22-25/h3-13H,14-15H2,1-2H3,(H,23,27). The number of hydrogen-bond donors (Lipinski definition) is 1. The van der Waals surface area contributed by atoms with Gasteiger partial charge < -0.3 is 15.0 Å². The number of amides is 2. The molecule has 2 aromatic carbocycles. The number of likely N-dealkylation sites (N-methyl/N-ethyl adjacent to an activating group) is 1. The molecule has 0 aliphatic rings. The highest BCUT2D eigenvalue weighted by Crippen LogP contribution is 2.17. The van der Waals surface area contributed by atoms with Crippen molar-refractivity contribution < 1.29 is 14.3 Å². The highest BCUT2D eigenvalue weighted by atomic mass is 16.5. The Morgan fingerprint density at radius 2 is 1.93 bits per heavy atom. The third kappa shape index (κ3) is 5.20. The van der Waals surface area contributed by atoms with E-state index in [1.54, 1.807) is 44.6 Å². The molecule has 3 rings (SSSR count). The van der Waals surface area contributed by atoms with Gasteiger partial charge in [0.2, 0.25) is 0 Å². The fourth-order valence-electron chi connectivity index (χ4n) is 2.53. The third-order valence-corrected chi connectivity index (χ3v) is 4.05. The van der Waals surface area contributed by atoms with Crippen LogP contribution in [0.1, 0.15) is 15.9 Å². The first-order valence-electron chi connectivity index (χ1n) is 8.82. The quantitative estimate of drug-likeness (QED) is 0.686. The monoisotopic (exact) mass is 378 g/mol. The van der Waals surface area contributed by atoms with Crippen molar-refractivity contribution >= 4 is 17.5 Å². The molecular weight excluding hydrogens is 356 g/mol. The molecule has 28 heavy (non-hydrogen) atoms. The summed E-state index contributed by atoms with van der Waals surface area (Å²) < 4.78 is 7.28. The summed E-state index contributed by atoms with van der Waals surface area (Å²) >= 11 is 0. The molecule has 0 aliphatic heterocycles. The zero-order valence-electron chi connectivity index (χ0n) is 15.8. The normalized spacial score (nSPS) is 10.4. The molecule has 144 valence electrons. The number of anilines is 1. The van der Waals surface area contributed by atoms with Crippen LogP contribution in [-0.4, -0.2) is 47.2 Å². The summed E-state index contributed by atoms with van der Waals surface area (Å²) in [6.45, 7) is 0.549. The molecule has 2 amide bonds. The minimum atomic E-state index is -0.249. The predicted molar refractivity (Wildman–Crippen MR) is 106 cm³/mol. The van der Waals surface area contributed by atoms with Crippen LogP contribution in [0.15, 0.2) is 67.0 Å². The van der Waals surface area contributed by atoms with E-state index in [1.807, 2.05) is 41.2 Å². The van der Waals surface area contributed by atoms with Gasteiger partial charge in [0.15, 0.2) is 6.61 Å². The van der Waals surface area contributed by atoms with Gasteiger partial charge in [-0.25, -0.2) is 0 Å². The summed E-state index contributed by atoms with van der Waals surface area (Å²) in [7, 11) is 3.33. The van der Waals surface area contributed by atoms with Crippen molar-refractivity contribution in [3.05, 3.63) is 78.1 Å². The van der Waals surface area contributed by atoms with Crippen molar-refractivity contribution in [1.29, 1.82) is 0 Å². The van der Waals surface area contributed by atoms with Crippen molar-refractivity contribution in [1.82, 2.24) is 14.7 Å². The highest BCUT2D eigenvalue weighted by molar-refractivity contribution is 6.04. The lowest BCUT2D eigenvalue weighted by Crippen LogP contribution is -2.27. The second-order valence-corrected chi connectivity index (χ2v) is 6.46. The molecule has 0 radical (unpaired) electrons. The molecule has 0 aliphatic carbocycles. The molecule has 1 aromatic heterocycles. The van der Waals surface area contributed by atoms with Crippen LogP contribution in [0.25, 0.3) is 0 Å². The zero-order chi connectivity index (χ0) is 19.9. The Morgan fingerprint density at radius 1 is 1.11 bits per heavy atom. The van der Waals surface area contributed by atoms with E-state index >= 15 is 0 Å². The molecular formula is C21H22N4O3. The average molecular weight is 378 g/mol. The molecule has 0 unspecified atom stereocenters. The first kappa shape index (κ1) is 19.2. The van der Waals surface area contributed by atoms with Gasteiger partial charge >= 0.3 is 0 Å². The average Bonchev–Trinajstić information content (AvgIpc) is 3.19. The highest BCUT2D eigenvalue weighted by Gasteiger charge is 2.10. The molecule has 1 N–H and O–H groups in total. The zero-order valence-corrected chi connectivity index (χ0v) is 15.8. The van der Waals surface area contributed by atoms with Crippen LogP contribution in [-0.2, 0) is 11.3 Å². The Labute approximate surface area is 163 Å². The van der Waals surface area contributed by atoms with Crippen LogP contribution in [0.4, 0.5) is 5.69 Å². The summed E-state index contributed by atoms with van der Waals surface area (Å²) in [4.78, 5) is 25.7. The van der Waals surface area contributed by atoms with Crippen LogP contribution in [0.3, 0.4) is 0 Å². The fourth-order valence-corrected chi connectivity index (χ4v) is 2.53. The van der Waals surface area contributed by atoms with E-state index in [-0.39, 0.29) is 18.4 Å². The number of carbonyl (C=O) groups excluding carboxylic acids is 2. The van der Waals surface area contributed by atoms with E-state index in [1.165, 1.54) is 4.90 Å². The maximum atomic E-state index is 12.6. The number of nitrogens with zero attached hydrogens (tertiary/aromatic N) is 3. The lowest BCUT2D eigenvalue weighted by atomic mass is 10.1. The Kier molecular flexibility index (Phi) is 6.06. The Morgan fingerprint density at radius 3 is 2.68 bits per heavy atom. The Balaban J connectivity index is 1.64. The summed E-state index contributed by atoms with van der Waals surface area (Å²) in [5, 5.41) is 7.08. The molecule has 0 saturated carbocycles. The number of aromatic nitrogens is 2. The second kappa shape index (κ2) is 8.85. The molecule has 7 nitrogen and oxygen atoms in total. The molecule has 0 saturated heterocycles. The summed E-state index contributed by atoms with van der Waals surface area (Å²) in [6, 6.07) is 16.2. The number of rotatable bonds is 7. The summed E-state index contributed by atoms with van der Waals surface area (Å²) in [6.07, 6.45) is 3.62. The Hall–Kier alpha value is -3.61. The van der Waals surface area contributed by atoms with Gasteiger partial charge in [-0.1, -0.05) is 18.2 Å². The van der Waals surface area contributed by atoms with Gasteiger partial charge in [-0.2, -0.15) is 5.10 Å². The maximum Gasteiger partial charge on any atom is 0.259 e. The number of carbonyl (C=O) groups is 2. The molecule has 0 bridgehead atoms. The minimum Gasteiger partial charge on any atom is -0.484 e. The van der Waals surface area contributed by atoms with Gasteiger partial charge in [0.05, 0.1) is 6.54 Å². The third-order valence-electron chi connectivity index (χ3n) is 4.05. The summed E-state index contributed by atoms with van der Waals surface area (Å²) in [5.74, 6) is 0.0692. The molecule has 7 heteroatoms. The van der Waals surface area contributed by atoms with Crippen molar-refractivity contribution in [2.75, 3.05) is 26.0 Å². The van der Waals surface area contributed by atoms with Gasteiger partial charge in [0.1, 0.15) is 5.75 Å². The van der Waals surface area contributed by atoms with Crippen LogP contribution in [0.5, 0.6) is 5.75 Å². The molecule has 0 atom stereocenters. The molecule has 0 spiro atoms. The number of hydrogen-bond acceptors (Lipinski definition) is 4. The van der Waals surface area contributed by atoms with Crippen molar-refractivity contribution in [3.8, 4) is 5.75 Å². The van der Waals surface area contributed by atoms with Gasteiger partial charge in [-0.3, -0.25) is 14.3 Å². The smallest absolute Gasteiger partial charge is 0.259 e. The van der Waals surface area contributed by atoms with Crippen LogP contribution >= 0.6 is 0 Å². The van der Waals surface area contributed by atoms with Gasteiger partial charge in [-0.05, 0) is 42.0 Å². The maximum absolute atomic E-state index is 12.6. The van der Waals surface area contributed by atoms with E-state index in [4.69, 9.17) is 4.74 Å². The van der Waals surface area contributed by atoms with E-state index < -0.39 is 0 Å². The molecule has 1 heterocycles. The predicted octanol–water partition coefficient (Wildman–Crippen LogP) is 2.65. The second-order valence-electron chi connectivity index (χ2n) is 6.46. The van der Waals surface area contributed by atoms with Crippen LogP contribution in [0, 0.1) is 0 Å². The lowest BCUT2D eigenvalue weighted by molar-refractivity contribution is -0.130. The number of nitrogens with one attached hydrogen (secondary N) is 1. The largest absolute Gasteiger partial charge is 0.484 e. The van der Waals surface area contributed by atoms with Gasteiger partial charge in [-0.15, -0.1) is 0 Å².